The summed E-state index contributed by atoms with van der Waals surface area (Å²) >= 11 is 0. The summed E-state index contributed by atoms with van der Waals surface area (Å²) in [6.07, 6.45) is 3.27. The molecule has 1 amide bonds. The minimum Gasteiger partial charge on any atom is -0.322 e. The van der Waals surface area contributed by atoms with E-state index in [4.69, 9.17) is 0 Å². The molecule has 0 aliphatic carbocycles. The highest BCUT2D eigenvalue weighted by Crippen LogP contribution is 2.24. The van der Waals surface area contributed by atoms with Gasteiger partial charge in [-0.05, 0) is 30.3 Å². The van der Waals surface area contributed by atoms with Gasteiger partial charge >= 0.3 is 0 Å². The van der Waals surface area contributed by atoms with Crippen LogP contribution in [0.5, 0.6) is 0 Å². The standard InChI is InChI=1S/C14H16N4O/c1-17-7-10-3-4-13(5-11(10)8-17)16-14(19)12-6-15-18(2)9-12/h3-6,9H,7-8H2,1-2H3,(H,16,19). The molecule has 2 heterocycles. The van der Waals surface area contributed by atoms with E-state index in [2.05, 4.69) is 28.4 Å². The molecular formula is C14H16N4O. The Balaban J connectivity index is 1.77. The molecule has 0 unspecified atom stereocenters. The highest BCUT2D eigenvalue weighted by molar-refractivity contribution is 6.03. The first kappa shape index (κ1) is 11.9. The van der Waals surface area contributed by atoms with Crippen LogP contribution in [0.1, 0.15) is 21.5 Å². The van der Waals surface area contributed by atoms with Crippen molar-refractivity contribution in [2.24, 2.45) is 7.05 Å². The average Bonchev–Trinajstić information content (AvgIpc) is 2.93. The van der Waals surface area contributed by atoms with E-state index in [1.165, 1.54) is 11.1 Å². The molecule has 2 aromatic rings. The Morgan fingerprint density at radius 3 is 2.79 bits per heavy atom. The van der Waals surface area contributed by atoms with Crippen LogP contribution in [0.4, 0.5) is 5.69 Å². The number of hydrogen-bond acceptors (Lipinski definition) is 3. The lowest BCUT2D eigenvalue weighted by atomic mass is 10.1. The van der Waals surface area contributed by atoms with Gasteiger partial charge in [-0.25, -0.2) is 0 Å². The largest absolute Gasteiger partial charge is 0.322 e. The Bertz CT molecular complexity index is 632. The summed E-state index contributed by atoms with van der Waals surface area (Å²) in [6, 6.07) is 6.08. The van der Waals surface area contributed by atoms with Crippen LogP contribution in [0.25, 0.3) is 0 Å². The molecule has 1 aliphatic rings. The molecule has 5 nitrogen and oxygen atoms in total. The maximum atomic E-state index is 12.0. The molecule has 0 bridgehead atoms. The molecule has 0 fully saturated rings. The lowest BCUT2D eigenvalue weighted by Crippen LogP contribution is -2.11. The number of amides is 1. The number of carbonyl (C=O) groups is 1. The summed E-state index contributed by atoms with van der Waals surface area (Å²) < 4.78 is 1.62. The second-order valence-corrected chi connectivity index (χ2v) is 5.01. The van der Waals surface area contributed by atoms with E-state index in [-0.39, 0.29) is 5.91 Å². The molecule has 98 valence electrons. The number of rotatable bonds is 2. The van der Waals surface area contributed by atoms with E-state index in [0.717, 1.165) is 18.8 Å². The van der Waals surface area contributed by atoms with Crippen LogP contribution in [-0.2, 0) is 20.1 Å². The van der Waals surface area contributed by atoms with Gasteiger partial charge < -0.3 is 5.32 Å². The summed E-state index contributed by atoms with van der Waals surface area (Å²) in [5.74, 6) is -0.126. The minimum atomic E-state index is -0.126. The molecule has 3 rings (SSSR count). The van der Waals surface area contributed by atoms with Crippen molar-refractivity contribution < 1.29 is 4.79 Å². The van der Waals surface area contributed by atoms with Crippen LogP contribution >= 0.6 is 0 Å². The van der Waals surface area contributed by atoms with Crippen LogP contribution in [0.15, 0.2) is 30.6 Å². The number of anilines is 1. The van der Waals surface area contributed by atoms with Gasteiger partial charge in [0.2, 0.25) is 0 Å². The molecular weight excluding hydrogens is 240 g/mol. The Morgan fingerprint density at radius 2 is 2.05 bits per heavy atom. The van der Waals surface area contributed by atoms with Gasteiger partial charge in [-0.15, -0.1) is 0 Å². The van der Waals surface area contributed by atoms with Crippen LogP contribution in [0.3, 0.4) is 0 Å². The number of aryl methyl sites for hydroxylation is 1. The van der Waals surface area contributed by atoms with E-state index in [1.807, 2.05) is 12.1 Å². The van der Waals surface area contributed by atoms with Crippen molar-refractivity contribution in [2.75, 3.05) is 12.4 Å². The molecule has 1 aromatic carbocycles. The van der Waals surface area contributed by atoms with Gasteiger partial charge in [-0.3, -0.25) is 14.4 Å². The van der Waals surface area contributed by atoms with E-state index in [9.17, 15) is 4.79 Å². The molecule has 1 N–H and O–H groups in total. The van der Waals surface area contributed by atoms with Crippen LogP contribution < -0.4 is 5.32 Å². The Kier molecular flexibility index (Phi) is 2.83. The number of nitrogens with one attached hydrogen (secondary N) is 1. The summed E-state index contributed by atoms with van der Waals surface area (Å²) in [4.78, 5) is 14.3. The molecule has 1 aliphatic heterocycles. The van der Waals surface area contributed by atoms with Gasteiger partial charge in [-0.1, -0.05) is 6.07 Å². The highest BCUT2D eigenvalue weighted by atomic mass is 16.1. The molecule has 0 saturated heterocycles. The van der Waals surface area contributed by atoms with Crippen molar-refractivity contribution in [1.29, 1.82) is 0 Å². The number of nitrogens with zero attached hydrogens (tertiary/aromatic N) is 3. The zero-order chi connectivity index (χ0) is 13.4. The highest BCUT2D eigenvalue weighted by Gasteiger charge is 2.16. The molecule has 0 saturated carbocycles. The number of benzene rings is 1. The number of fused-ring (bicyclic) bond motifs is 1. The number of carbonyl (C=O) groups excluding carboxylic acids is 1. The van der Waals surface area contributed by atoms with Gasteiger partial charge in [0.1, 0.15) is 0 Å². The van der Waals surface area contributed by atoms with Gasteiger partial charge in [0.25, 0.3) is 5.91 Å². The first-order chi connectivity index (χ1) is 9.11. The zero-order valence-corrected chi connectivity index (χ0v) is 11.1. The fraction of sp³-hybridized carbons (Fsp3) is 0.286. The normalized spacial score (nSPS) is 14.4. The predicted octanol–water partition coefficient (Wildman–Crippen LogP) is 1.62. The summed E-state index contributed by atoms with van der Waals surface area (Å²) in [5, 5.41) is 6.90. The Hall–Kier alpha value is -2.14. The van der Waals surface area contributed by atoms with E-state index < -0.39 is 0 Å². The van der Waals surface area contributed by atoms with Crippen molar-refractivity contribution >= 4 is 11.6 Å². The van der Waals surface area contributed by atoms with Crippen molar-refractivity contribution in [1.82, 2.24) is 14.7 Å². The molecule has 1 aromatic heterocycles. The lowest BCUT2D eigenvalue weighted by molar-refractivity contribution is 0.102. The van der Waals surface area contributed by atoms with Crippen molar-refractivity contribution in [3.8, 4) is 0 Å². The minimum absolute atomic E-state index is 0.126. The SMILES string of the molecule is CN1Cc2ccc(NC(=O)c3cnn(C)c3)cc2C1. The molecule has 5 heteroatoms. The maximum absolute atomic E-state index is 12.0. The van der Waals surface area contributed by atoms with Gasteiger partial charge in [0.15, 0.2) is 0 Å². The molecule has 0 atom stereocenters. The topological polar surface area (TPSA) is 50.2 Å². The quantitative estimate of drug-likeness (QED) is 0.888. The number of aromatic nitrogens is 2. The van der Waals surface area contributed by atoms with Crippen molar-refractivity contribution in [2.45, 2.75) is 13.1 Å². The lowest BCUT2D eigenvalue weighted by Gasteiger charge is -2.05. The van der Waals surface area contributed by atoms with E-state index in [1.54, 1.807) is 24.1 Å². The summed E-state index contributed by atoms with van der Waals surface area (Å²) in [6.45, 7) is 1.91. The van der Waals surface area contributed by atoms with Gasteiger partial charge in [0.05, 0.1) is 11.8 Å². The number of hydrogen-bond donors (Lipinski definition) is 1. The molecule has 0 radical (unpaired) electrons. The zero-order valence-electron chi connectivity index (χ0n) is 11.1. The van der Waals surface area contributed by atoms with Crippen LogP contribution in [0.2, 0.25) is 0 Å². The monoisotopic (exact) mass is 256 g/mol. The maximum Gasteiger partial charge on any atom is 0.258 e. The first-order valence-corrected chi connectivity index (χ1v) is 6.22. The predicted molar refractivity (Wildman–Crippen MR) is 72.8 cm³/mol. The van der Waals surface area contributed by atoms with Gasteiger partial charge in [0, 0.05) is 32.0 Å². The third-order valence-corrected chi connectivity index (χ3v) is 3.31. The second-order valence-electron chi connectivity index (χ2n) is 5.01. The Labute approximate surface area is 111 Å². The molecule has 0 spiro atoms. The van der Waals surface area contributed by atoms with Crippen LogP contribution in [-0.4, -0.2) is 27.6 Å². The third-order valence-electron chi connectivity index (χ3n) is 3.31. The van der Waals surface area contributed by atoms with Crippen molar-refractivity contribution in [3.05, 3.63) is 47.3 Å². The van der Waals surface area contributed by atoms with Crippen molar-refractivity contribution in [3.63, 3.8) is 0 Å². The van der Waals surface area contributed by atoms with E-state index in [0.29, 0.717) is 5.56 Å². The fourth-order valence-corrected chi connectivity index (χ4v) is 2.38. The second kappa shape index (κ2) is 4.51. The first-order valence-electron chi connectivity index (χ1n) is 6.22. The van der Waals surface area contributed by atoms with Gasteiger partial charge in [-0.2, -0.15) is 5.10 Å². The summed E-state index contributed by atoms with van der Waals surface area (Å²) in [5.41, 5.74) is 4.02. The smallest absolute Gasteiger partial charge is 0.258 e. The summed E-state index contributed by atoms with van der Waals surface area (Å²) in [7, 11) is 3.88. The van der Waals surface area contributed by atoms with Crippen LogP contribution in [0, 0.1) is 0 Å². The van der Waals surface area contributed by atoms with E-state index >= 15 is 0 Å². The fourth-order valence-electron chi connectivity index (χ4n) is 2.38. The Morgan fingerprint density at radius 1 is 1.26 bits per heavy atom. The average molecular weight is 256 g/mol. The molecule has 19 heavy (non-hydrogen) atoms. The third kappa shape index (κ3) is 2.37.